The van der Waals surface area contributed by atoms with Gasteiger partial charge in [-0.15, -0.1) is 0 Å². The first-order chi connectivity index (χ1) is 11.5. The van der Waals surface area contributed by atoms with Gasteiger partial charge in [-0.25, -0.2) is 4.68 Å². The summed E-state index contributed by atoms with van der Waals surface area (Å²) in [5.41, 5.74) is 1.57. The maximum atomic E-state index is 12.2. The number of amides is 2. The van der Waals surface area contributed by atoms with Crippen LogP contribution in [0.3, 0.4) is 0 Å². The van der Waals surface area contributed by atoms with E-state index in [-0.39, 0.29) is 23.1 Å². The van der Waals surface area contributed by atoms with Gasteiger partial charge in [-0.3, -0.25) is 14.4 Å². The SMILES string of the molecule is CCCn1nc(C(=O)NCc2ccc(NC(C)=O)cc2)ccc1=O. The number of aryl methyl sites for hydroxylation is 1. The average Bonchev–Trinajstić information content (AvgIpc) is 2.55. The lowest BCUT2D eigenvalue weighted by atomic mass is 10.2. The van der Waals surface area contributed by atoms with E-state index in [4.69, 9.17) is 0 Å². The number of carbonyl (C=O) groups excluding carboxylic acids is 2. The highest BCUT2D eigenvalue weighted by molar-refractivity contribution is 5.92. The molecule has 0 fully saturated rings. The lowest BCUT2D eigenvalue weighted by Gasteiger charge is -2.08. The smallest absolute Gasteiger partial charge is 0.271 e. The molecule has 1 aromatic heterocycles. The predicted molar refractivity (Wildman–Crippen MR) is 90.7 cm³/mol. The van der Waals surface area contributed by atoms with Crippen LogP contribution in [0.1, 0.15) is 36.3 Å². The molecule has 0 aliphatic rings. The van der Waals surface area contributed by atoms with Crippen LogP contribution in [-0.2, 0) is 17.9 Å². The molecule has 126 valence electrons. The van der Waals surface area contributed by atoms with Gasteiger partial charge in [-0.05, 0) is 30.2 Å². The Balaban J connectivity index is 1.99. The van der Waals surface area contributed by atoms with E-state index in [1.165, 1.54) is 23.7 Å². The second kappa shape index (κ2) is 8.05. The normalized spacial score (nSPS) is 10.2. The van der Waals surface area contributed by atoms with E-state index in [1.807, 2.05) is 19.1 Å². The Labute approximate surface area is 139 Å². The molecule has 24 heavy (non-hydrogen) atoms. The first-order valence-electron chi connectivity index (χ1n) is 7.72. The van der Waals surface area contributed by atoms with Crippen molar-refractivity contribution >= 4 is 17.5 Å². The molecule has 0 unspecified atom stereocenters. The number of anilines is 1. The van der Waals surface area contributed by atoms with Crippen LogP contribution in [0.15, 0.2) is 41.2 Å². The van der Waals surface area contributed by atoms with E-state index in [0.29, 0.717) is 18.8 Å². The molecule has 0 saturated heterocycles. The van der Waals surface area contributed by atoms with E-state index < -0.39 is 0 Å². The van der Waals surface area contributed by atoms with Gasteiger partial charge in [0.1, 0.15) is 5.69 Å². The van der Waals surface area contributed by atoms with Gasteiger partial charge in [-0.1, -0.05) is 19.1 Å². The molecular weight excluding hydrogens is 308 g/mol. The van der Waals surface area contributed by atoms with Crippen molar-refractivity contribution in [2.24, 2.45) is 0 Å². The third kappa shape index (κ3) is 4.77. The van der Waals surface area contributed by atoms with Crippen LogP contribution in [-0.4, -0.2) is 21.6 Å². The predicted octanol–water partition coefficient (Wildman–Crippen LogP) is 1.54. The molecule has 2 N–H and O–H groups in total. The van der Waals surface area contributed by atoms with E-state index in [0.717, 1.165) is 12.0 Å². The topological polar surface area (TPSA) is 93.1 Å². The number of aromatic nitrogens is 2. The maximum absolute atomic E-state index is 12.2. The number of benzene rings is 1. The fourth-order valence-electron chi connectivity index (χ4n) is 2.12. The molecule has 2 amide bonds. The summed E-state index contributed by atoms with van der Waals surface area (Å²) in [7, 11) is 0. The fraction of sp³-hybridized carbons (Fsp3) is 0.294. The van der Waals surface area contributed by atoms with Crippen LogP contribution in [0.4, 0.5) is 5.69 Å². The van der Waals surface area contributed by atoms with E-state index in [9.17, 15) is 14.4 Å². The van der Waals surface area contributed by atoms with Gasteiger partial charge in [-0.2, -0.15) is 5.10 Å². The van der Waals surface area contributed by atoms with Crippen LogP contribution in [0.2, 0.25) is 0 Å². The van der Waals surface area contributed by atoms with Gasteiger partial charge in [0.2, 0.25) is 5.91 Å². The molecule has 0 saturated carbocycles. The molecular formula is C17H20N4O3. The van der Waals surface area contributed by atoms with Crippen molar-refractivity contribution < 1.29 is 9.59 Å². The average molecular weight is 328 g/mol. The number of hydrogen-bond donors (Lipinski definition) is 2. The second-order valence-corrected chi connectivity index (χ2v) is 5.34. The molecule has 2 rings (SSSR count). The Hall–Kier alpha value is -2.96. The minimum Gasteiger partial charge on any atom is -0.347 e. The summed E-state index contributed by atoms with van der Waals surface area (Å²) in [5, 5.41) is 9.50. The van der Waals surface area contributed by atoms with Crippen LogP contribution in [0, 0.1) is 0 Å². The summed E-state index contributed by atoms with van der Waals surface area (Å²) in [6, 6.07) is 9.93. The highest BCUT2D eigenvalue weighted by Crippen LogP contribution is 2.09. The molecule has 0 atom stereocenters. The quantitative estimate of drug-likeness (QED) is 0.841. The summed E-state index contributed by atoms with van der Waals surface area (Å²) >= 11 is 0. The Morgan fingerprint density at radius 1 is 1.12 bits per heavy atom. The molecule has 7 heteroatoms. The minimum atomic E-state index is -0.342. The maximum Gasteiger partial charge on any atom is 0.271 e. The Kier molecular flexibility index (Phi) is 5.83. The van der Waals surface area contributed by atoms with E-state index in [1.54, 1.807) is 12.1 Å². The first kappa shape index (κ1) is 17.4. The minimum absolute atomic E-state index is 0.135. The second-order valence-electron chi connectivity index (χ2n) is 5.34. The van der Waals surface area contributed by atoms with Crippen molar-refractivity contribution in [1.82, 2.24) is 15.1 Å². The summed E-state index contributed by atoms with van der Waals surface area (Å²) in [6.45, 7) is 4.18. The zero-order chi connectivity index (χ0) is 17.5. The lowest BCUT2D eigenvalue weighted by molar-refractivity contribution is -0.114. The van der Waals surface area contributed by atoms with Crippen molar-refractivity contribution in [2.75, 3.05) is 5.32 Å². The van der Waals surface area contributed by atoms with Crippen molar-refractivity contribution in [3.63, 3.8) is 0 Å². The monoisotopic (exact) mass is 328 g/mol. The number of carbonyl (C=O) groups is 2. The molecule has 1 heterocycles. The number of nitrogens with one attached hydrogen (secondary N) is 2. The van der Waals surface area contributed by atoms with Gasteiger partial charge in [0.15, 0.2) is 0 Å². The van der Waals surface area contributed by atoms with Crippen molar-refractivity contribution in [3.8, 4) is 0 Å². The van der Waals surface area contributed by atoms with Gasteiger partial charge in [0.05, 0.1) is 0 Å². The number of nitrogens with zero attached hydrogens (tertiary/aromatic N) is 2. The van der Waals surface area contributed by atoms with Gasteiger partial charge < -0.3 is 10.6 Å². The number of hydrogen-bond acceptors (Lipinski definition) is 4. The molecule has 0 spiro atoms. The molecule has 0 bridgehead atoms. The Morgan fingerprint density at radius 2 is 1.83 bits per heavy atom. The zero-order valence-electron chi connectivity index (χ0n) is 13.7. The van der Waals surface area contributed by atoms with E-state index in [2.05, 4.69) is 15.7 Å². The molecule has 0 radical (unpaired) electrons. The fourth-order valence-corrected chi connectivity index (χ4v) is 2.12. The number of rotatable bonds is 6. The van der Waals surface area contributed by atoms with Gasteiger partial charge in [0.25, 0.3) is 11.5 Å². The van der Waals surface area contributed by atoms with E-state index >= 15 is 0 Å². The van der Waals surface area contributed by atoms with Crippen LogP contribution in [0.25, 0.3) is 0 Å². The van der Waals surface area contributed by atoms with Crippen LogP contribution < -0.4 is 16.2 Å². The third-order valence-corrected chi connectivity index (χ3v) is 3.26. The summed E-state index contributed by atoms with van der Waals surface area (Å²) in [4.78, 5) is 34.7. The highest BCUT2D eigenvalue weighted by Gasteiger charge is 2.09. The highest BCUT2D eigenvalue weighted by atomic mass is 16.2. The molecule has 1 aromatic carbocycles. The van der Waals surface area contributed by atoms with Crippen LogP contribution in [0.5, 0.6) is 0 Å². The largest absolute Gasteiger partial charge is 0.347 e. The summed E-state index contributed by atoms with van der Waals surface area (Å²) in [6.07, 6.45) is 0.763. The summed E-state index contributed by atoms with van der Waals surface area (Å²) < 4.78 is 1.29. The Morgan fingerprint density at radius 3 is 2.46 bits per heavy atom. The van der Waals surface area contributed by atoms with Crippen LogP contribution >= 0.6 is 0 Å². The molecule has 0 aliphatic carbocycles. The standard InChI is InChI=1S/C17H20N4O3/c1-3-10-21-16(23)9-8-15(20-21)17(24)18-11-13-4-6-14(7-5-13)19-12(2)22/h4-9H,3,10-11H2,1-2H3,(H,18,24)(H,19,22). The molecule has 0 aliphatic heterocycles. The van der Waals surface area contributed by atoms with Gasteiger partial charge >= 0.3 is 0 Å². The first-order valence-corrected chi connectivity index (χ1v) is 7.72. The van der Waals surface area contributed by atoms with Crippen molar-refractivity contribution in [2.45, 2.75) is 33.4 Å². The van der Waals surface area contributed by atoms with Crippen molar-refractivity contribution in [3.05, 3.63) is 58.0 Å². The van der Waals surface area contributed by atoms with Crippen molar-refractivity contribution in [1.29, 1.82) is 0 Å². The summed E-state index contributed by atoms with van der Waals surface area (Å²) in [5.74, 6) is -0.477. The molecule has 2 aromatic rings. The lowest BCUT2D eigenvalue weighted by Crippen LogP contribution is -2.29. The Bertz CT molecular complexity index is 781. The zero-order valence-corrected chi connectivity index (χ0v) is 13.7. The third-order valence-electron chi connectivity index (χ3n) is 3.26. The van der Waals surface area contributed by atoms with Gasteiger partial charge in [0, 0.05) is 31.8 Å². The molecule has 7 nitrogen and oxygen atoms in total.